The van der Waals surface area contributed by atoms with Crippen molar-refractivity contribution in [1.82, 2.24) is 5.32 Å². The fourth-order valence-electron chi connectivity index (χ4n) is 9.56. The largest absolute Gasteiger partial charge is 0.471 e. The molecule has 396 valence electrons. The quantitative estimate of drug-likeness (QED) is 0.0408. The highest BCUT2D eigenvalue weighted by molar-refractivity contribution is 7.89. The maximum absolute atomic E-state index is 14.3. The highest BCUT2D eigenvalue weighted by Crippen LogP contribution is 2.45. The van der Waals surface area contributed by atoms with Gasteiger partial charge in [0.05, 0.1) is 76.0 Å². The van der Waals surface area contributed by atoms with Crippen LogP contribution in [0, 0.1) is 11.8 Å². The van der Waals surface area contributed by atoms with Crippen molar-refractivity contribution in [2.75, 3.05) is 19.8 Å². The summed E-state index contributed by atoms with van der Waals surface area (Å²) in [6.45, 7) is 3.77. The summed E-state index contributed by atoms with van der Waals surface area (Å²) < 4.78 is 83.5. The Bertz CT molecular complexity index is 2930. The SMILES string of the molecule is CCOS(=O)(=O)/C=C/c1ccc(CNC(=O)C2=CO[C@@H](O[C@@H]3O[C@H](COCc4ccccc4)[C@@H](OCc4ccccc4)[C@H](OCc4ccccc4)[C@H]3OCc3ccccc3)[C@@H]3C(COCc4ccccc4)=CC[C@H]23)cc1. The van der Waals surface area contributed by atoms with E-state index in [0.717, 1.165) is 44.4 Å². The topological polar surface area (TPSA) is 146 Å². The summed E-state index contributed by atoms with van der Waals surface area (Å²) >= 11 is 0. The molecule has 2 aliphatic heterocycles. The average Bonchev–Trinajstić information content (AvgIpc) is 3.92. The van der Waals surface area contributed by atoms with Crippen molar-refractivity contribution >= 4 is 22.1 Å². The first kappa shape index (κ1) is 54.2. The van der Waals surface area contributed by atoms with Gasteiger partial charge in [-0.3, -0.25) is 8.98 Å². The van der Waals surface area contributed by atoms with E-state index in [1.165, 1.54) is 12.3 Å². The maximum Gasteiger partial charge on any atom is 0.290 e. The van der Waals surface area contributed by atoms with Crippen LogP contribution in [0.3, 0.4) is 0 Å². The zero-order valence-electron chi connectivity index (χ0n) is 42.5. The molecule has 1 aliphatic carbocycles. The molecular formula is C62H65NO12S. The first-order valence-electron chi connectivity index (χ1n) is 25.8. The lowest BCUT2D eigenvalue weighted by molar-refractivity contribution is -0.358. The average molecular weight is 1050 g/mol. The van der Waals surface area contributed by atoms with E-state index in [0.29, 0.717) is 30.8 Å². The van der Waals surface area contributed by atoms with Crippen molar-refractivity contribution in [2.45, 2.75) is 89.9 Å². The normalized spacial score (nSPS) is 22.3. The third-order valence-electron chi connectivity index (χ3n) is 13.4. The van der Waals surface area contributed by atoms with Crippen LogP contribution in [0.2, 0.25) is 0 Å². The molecule has 13 nitrogen and oxygen atoms in total. The molecule has 1 fully saturated rings. The highest BCUT2D eigenvalue weighted by atomic mass is 32.2. The summed E-state index contributed by atoms with van der Waals surface area (Å²) in [6, 6.07) is 57.1. The molecule has 1 N–H and O–H groups in total. The van der Waals surface area contributed by atoms with Crippen molar-refractivity contribution < 1.29 is 55.3 Å². The molecule has 0 saturated carbocycles. The molecule has 8 atom stereocenters. The highest BCUT2D eigenvalue weighted by Gasteiger charge is 2.52. The van der Waals surface area contributed by atoms with E-state index in [2.05, 4.69) is 11.4 Å². The maximum atomic E-state index is 14.3. The number of carbonyl (C=O) groups excluding carboxylic acids is 1. The first-order chi connectivity index (χ1) is 37.3. The third-order valence-corrected chi connectivity index (χ3v) is 14.4. The number of hydrogen-bond donors (Lipinski definition) is 1. The van der Waals surface area contributed by atoms with Crippen LogP contribution in [0.15, 0.2) is 205 Å². The zero-order valence-corrected chi connectivity index (χ0v) is 43.4. The van der Waals surface area contributed by atoms with Crippen molar-refractivity contribution in [2.24, 2.45) is 11.8 Å². The van der Waals surface area contributed by atoms with Gasteiger partial charge in [0.1, 0.15) is 24.4 Å². The number of fused-ring (bicyclic) bond motifs is 1. The van der Waals surface area contributed by atoms with E-state index >= 15 is 0 Å². The second-order valence-electron chi connectivity index (χ2n) is 18.8. The number of rotatable bonds is 26. The molecule has 2 heterocycles. The van der Waals surface area contributed by atoms with Gasteiger partial charge in [0.15, 0.2) is 6.29 Å². The molecule has 76 heavy (non-hydrogen) atoms. The molecule has 0 unspecified atom stereocenters. The Balaban J connectivity index is 1.01. The minimum Gasteiger partial charge on any atom is -0.471 e. The Kier molecular flexibility index (Phi) is 19.6. The molecule has 0 radical (unpaired) electrons. The molecule has 0 aromatic heterocycles. The van der Waals surface area contributed by atoms with Gasteiger partial charge in [-0.05, 0) is 63.9 Å². The van der Waals surface area contributed by atoms with Gasteiger partial charge < -0.3 is 43.2 Å². The molecule has 6 aromatic carbocycles. The number of allylic oxidation sites excluding steroid dienone is 1. The Hall–Kier alpha value is -6.56. The number of benzene rings is 6. The Morgan fingerprint density at radius 3 is 1.66 bits per heavy atom. The second-order valence-corrected chi connectivity index (χ2v) is 20.3. The van der Waals surface area contributed by atoms with Crippen molar-refractivity contribution in [1.29, 1.82) is 0 Å². The van der Waals surface area contributed by atoms with Crippen LogP contribution in [0.4, 0.5) is 0 Å². The van der Waals surface area contributed by atoms with Gasteiger partial charge in [-0.15, -0.1) is 0 Å². The number of hydrogen-bond acceptors (Lipinski definition) is 12. The summed E-state index contributed by atoms with van der Waals surface area (Å²) in [7, 11) is -3.78. The van der Waals surface area contributed by atoms with Crippen LogP contribution < -0.4 is 5.32 Å². The van der Waals surface area contributed by atoms with Gasteiger partial charge in [0.2, 0.25) is 6.29 Å². The number of ether oxygens (including phenoxy) is 8. The molecule has 9 rings (SSSR count). The zero-order chi connectivity index (χ0) is 52.4. The predicted molar refractivity (Wildman–Crippen MR) is 288 cm³/mol. The van der Waals surface area contributed by atoms with Crippen molar-refractivity contribution in [3.8, 4) is 0 Å². The van der Waals surface area contributed by atoms with Crippen LogP contribution in [0.25, 0.3) is 6.08 Å². The lowest BCUT2D eigenvalue weighted by Gasteiger charge is -2.47. The summed E-state index contributed by atoms with van der Waals surface area (Å²) in [5.74, 6) is -1.08. The van der Waals surface area contributed by atoms with Crippen LogP contribution in [0.5, 0.6) is 0 Å². The Morgan fingerprint density at radius 1 is 0.592 bits per heavy atom. The van der Waals surface area contributed by atoms with Crippen LogP contribution in [-0.2, 0) is 96.6 Å². The van der Waals surface area contributed by atoms with Gasteiger partial charge in [-0.1, -0.05) is 182 Å². The third kappa shape index (κ3) is 15.3. The lowest BCUT2D eigenvalue weighted by Crippen LogP contribution is -2.62. The summed E-state index contributed by atoms with van der Waals surface area (Å²) in [5.41, 5.74) is 7.82. The minimum absolute atomic E-state index is 0.0464. The monoisotopic (exact) mass is 1050 g/mol. The molecule has 6 aromatic rings. The van der Waals surface area contributed by atoms with Gasteiger partial charge in [0.25, 0.3) is 16.0 Å². The van der Waals surface area contributed by atoms with E-state index in [1.54, 1.807) is 19.1 Å². The van der Waals surface area contributed by atoms with Gasteiger partial charge in [-0.2, -0.15) is 8.42 Å². The number of carbonyl (C=O) groups is 1. The van der Waals surface area contributed by atoms with Gasteiger partial charge >= 0.3 is 0 Å². The van der Waals surface area contributed by atoms with Crippen LogP contribution >= 0.6 is 0 Å². The van der Waals surface area contributed by atoms with E-state index < -0.39 is 53.0 Å². The van der Waals surface area contributed by atoms with E-state index in [1.807, 2.05) is 164 Å². The Morgan fingerprint density at radius 2 is 1.11 bits per heavy atom. The van der Waals surface area contributed by atoms with E-state index in [9.17, 15) is 13.2 Å². The molecular weight excluding hydrogens is 983 g/mol. The number of amides is 1. The smallest absolute Gasteiger partial charge is 0.290 e. The summed E-state index contributed by atoms with van der Waals surface area (Å²) in [5, 5.41) is 4.11. The molecule has 1 amide bonds. The minimum atomic E-state index is -3.78. The number of nitrogens with one attached hydrogen (secondary N) is 1. The van der Waals surface area contributed by atoms with E-state index in [-0.39, 0.29) is 58.0 Å². The molecule has 3 aliphatic rings. The predicted octanol–water partition coefficient (Wildman–Crippen LogP) is 10.4. The fourth-order valence-corrected chi connectivity index (χ4v) is 10.3. The van der Waals surface area contributed by atoms with Gasteiger partial charge in [0, 0.05) is 12.5 Å². The molecule has 1 saturated heterocycles. The molecule has 14 heteroatoms. The Labute approximate surface area is 446 Å². The van der Waals surface area contributed by atoms with Crippen molar-refractivity contribution in [3.63, 3.8) is 0 Å². The van der Waals surface area contributed by atoms with Gasteiger partial charge in [-0.25, -0.2) is 0 Å². The molecule has 0 spiro atoms. The van der Waals surface area contributed by atoms with Crippen molar-refractivity contribution in [3.05, 3.63) is 244 Å². The lowest BCUT2D eigenvalue weighted by atomic mass is 9.83. The summed E-state index contributed by atoms with van der Waals surface area (Å²) in [6.07, 6.45) is 0.623. The fraction of sp³-hybridized carbons (Fsp3) is 0.306. The molecule has 0 bridgehead atoms. The summed E-state index contributed by atoms with van der Waals surface area (Å²) in [4.78, 5) is 14.3. The second kappa shape index (κ2) is 27.5. The standard InChI is InChI=1S/C62H65NO12S/c1-2-73-76(65,66)35-34-45-28-30-46(31-29-45)36-63-60(64)54-43-72-61(56-52(32-33-53(54)56)42-67-37-47-18-8-3-9-19-47)75-62-59(71-41-51-26-16-7-17-27-51)58(70-40-50-24-14-6-15-25-50)57(69-39-49-22-12-5-13-23-49)55(74-62)44-68-38-48-20-10-4-11-21-48/h3-32,34-35,43,53,55-59,61-62H,2,33,36-42,44H2,1H3,(H,63,64)/b35-34+/t53-,55-,56-,57-,58+,59-,61+,62+/m1/s1. The first-order valence-corrected chi connectivity index (χ1v) is 27.3. The van der Waals surface area contributed by atoms with E-state index in [4.69, 9.17) is 42.1 Å². The van der Waals surface area contributed by atoms with Crippen LogP contribution in [0.1, 0.15) is 52.3 Å². The van der Waals surface area contributed by atoms with Crippen LogP contribution in [-0.4, -0.2) is 71.1 Å².